The third kappa shape index (κ3) is 4.38. The van der Waals surface area contributed by atoms with Crippen LogP contribution >= 0.6 is 0 Å². The standard InChI is InChI=1S/C19H20N4O3/c1-12-4-3-5-14(10-12)21-19-22-16(18(25)23-19)11-17(24)20-13-6-8-15(26-2)9-7-13/h3-10,16H,11H2,1-2H3,(H,20,24)(H2,21,22,23,25). The summed E-state index contributed by atoms with van der Waals surface area (Å²) in [6.45, 7) is 1.98. The lowest BCUT2D eigenvalue weighted by Gasteiger charge is -2.07. The summed E-state index contributed by atoms with van der Waals surface area (Å²) in [6, 6.07) is 13.9. The molecule has 0 aliphatic carbocycles. The maximum absolute atomic E-state index is 12.2. The van der Waals surface area contributed by atoms with Crippen LogP contribution in [-0.4, -0.2) is 30.9 Å². The zero-order valence-electron chi connectivity index (χ0n) is 14.6. The predicted molar refractivity (Wildman–Crippen MR) is 100 cm³/mol. The third-order valence-corrected chi connectivity index (χ3v) is 3.86. The van der Waals surface area contributed by atoms with Crippen LogP contribution in [0.3, 0.4) is 0 Å². The van der Waals surface area contributed by atoms with Crippen molar-refractivity contribution < 1.29 is 14.3 Å². The summed E-state index contributed by atoms with van der Waals surface area (Å²) in [5, 5.41) is 8.46. The number of carbonyl (C=O) groups is 2. The van der Waals surface area contributed by atoms with Gasteiger partial charge in [0.1, 0.15) is 11.8 Å². The minimum absolute atomic E-state index is 0.0309. The summed E-state index contributed by atoms with van der Waals surface area (Å²) in [6.07, 6.45) is -0.0309. The Morgan fingerprint density at radius 1 is 1.19 bits per heavy atom. The molecule has 26 heavy (non-hydrogen) atoms. The summed E-state index contributed by atoms with van der Waals surface area (Å²) in [4.78, 5) is 28.5. The Hall–Kier alpha value is -3.35. The van der Waals surface area contributed by atoms with Gasteiger partial charge in [-0.3, -0.25) is 14.9 Å². The summed E-state index contributed by atoms with van der Waals surface area (Å²) >= 11 is 0. The van der Waals surface area contributed by atoms with Gasteiger partial charge in [0.15, 0.2) is 0 Å². The first-order chi connectivity index (χ1) is 12.5. The Kier molecular flexibility index (Phi) is 5.17. The van der Waals surface area contributed by atoms with Gasteiger partial charge >= 0.3 is 0 Å². The number of hydrogen-bond acceptors (Lipinski definition) is 5. The lowest BCUT2D eigenvalue weighted by molar-refractivity contribution is -0.123. The fourth-order valence-electron chi connectivity index (χ4n) is 2.57. The molecular weight excluding hydrogens is 332 g/mol. The lowest BCUT2D eigenvalue weighted by Crippen LogP contribution is -2.33. The summed E-state index contributed by atoms with van der Waals surface area (Å²) in [5.41, 5.74) is 2.55. The molecule has 2 aromatic carbocycles. The molecule has 0 aromatic heterocycles. The van der Waals surface area contributed by atoms with E-state index in [1.807, 2.05) is 31.2 Å². The van der Waals surface area contributed by atoms with E-state index in [0.717, 1.165) is 11.3 Å². The molecule has 7 nitrogen and oxygen atoms in total. The average Bonchev–Trinajstić information content (AvgIpc) is 2.94. The Labute approximate surface area is 151 Å². The number of carbonyl (C=O) groups excluding carboxylic acids is 2. The van der Waals surface area contributed by atoms with Crippen molar-refractivity contribution in [2.75, 3.05) is 17.7 Å². The highest BCUT2D eigenvalue weighted by molar-refractivity contribution is 6.11. The number of aliphatic imine (C=N–C) groups is 1. The quantitative estimate of drug-likeness (QED) is 0.770. The van der Waals surface area contributed by atoms with E-state index in [1.165, 1.54) is 0 Å². The molecule has 1 unspecified atom stereocenters. The van der Waals surface area contributed by atoms with E-state index < -0.39 is 6.04 Å². The van der Waals surface area contributed by atoms with E-state index in [9.17, 15) is 9.59 Å². The topological polar surface area (TPSA) is 91.8 Å². The molecular formula is C19H20N4O3. The van der Waals surface area contributed by atoms with Crippen LogP contribution in [0.15, 0.2) is 53.5 Å². The minimum Gasteiger partial charge on any atom is -0.497 e. The zero-order valence-corrected chi connectivity index (χ0v) is 14.6. The van der Waals surface area contributed by atoms with Crippen molar-refractivity contribution in [1.29, 1.82) is 0 Å². The van der Waals surface area contributed by atoms with Gasteiger partial charge in [-0.05, 0) is 48.9 Å². The molecule has 0 saturated heterocycles. The molecule has 1 atom stereocenters. The van der Waals surface area contributed by atoms with E-state index in [-0.39, 0.29) is 18.2 Å². The highest BCUT2D eigenvalue weighted by atomic mass is 16.5. The molecule has 2 aromatic rings. The van der Waals surface area contributed by atoms with Crippen LogP contribution < -0.4 is 20.7 Å². The third-order valence-electron chi connectivity index (χ3n) is 3.86. The van der Waals surface area contributed by atoms with E-state index in [1.54, 1.807) is 31.4 Å². The van der Waals surface area contributed by atoms with Gasteiger partial charge in [0.25, 0.3) is 5.91 Å². The van der Waals surface area contributed by atoms with Crippen LogP contribution in [0.25, 0.3) is 0 Å². The zero-order chi connectivity index (χ0) is 18.5. The number of ether oxygens (including phenoxy) is 1. The van der Waals surface area contributed by atoms with E-state index >= 15 is 0 Å². The second-order valence-corrected chi connectivity index (χ2v) is 5.96. The van der Waals surface area contributed by atoms with Crippen LogP contribution in [0, 0.1) is 6.92 Å². The summed E-state index contributed by atoms with van der Waals surface area (Å²) in [7, 11) is 1.58. The van der Waals surface area contributed by atoms with Crippen LogP contribution in [-0.2, 0) is 9.59 Å². The number of benzene rings is 2. The van der Waals surface area contributed by atoms with Crippen LogP contribution in [0.1, 0.15) is 12.0 Å². The van der Waals surface area contributed by atoms with Crippen molar-refractivity contribution in [1.82, 2.24) is 5.32 Å². The van der Waals surface area contributed by atoms with Crippen molar-refractivity contribution >= 4 is 29.1 Å². The van der Waals surface area contributed by atoms with E-state index in [4.69, 9.17) is 4.74 Å². The molecule has 3 N–H and O–H groups in total. The maximum Gasteiger partial charge on any atom is 0.252 e. The molecule has 1 aliphatic rings. The summed E-state index contributed by atoms with van der Waals surface area (Å²) in [5.74, 6) is 0.471. The average molecular weight is 352 g/mol. The van der Waals surface area contributed by atoms with Crippen molar-refractivity contribution in [3.63, 3.8) is 0 Å². The SMILES string of the molecule is COc1ccc(NC(=O)CC2N=C(Nc3cccc(C)c3)NC2=O)cc1. The number of methoxy groups -OCH3 is 1. The minimum atomic E-state index is -0.749. The fraction of sp³-hybridized carbons (Fsp3) is 0.211. The van der Waals surface area contributed by atoms with Gasteiger partial charge in [-0.25, -0.2) is 4.99 Å². The van der Waals surface area contributed by atoms with Gasteiger partial charge in [0.2, 0.25) is 11.9 Å². The van der Waals surface area contributed by atoms with Crippen molar-refractivity contribution in [3.05, 3.63) is 54.1 Å². The first kappa shape index (κ1) is 17.5. The van der Waals surface area contributed by atoms with Gasteiger partial charge in [0.05, 0.1) is 13.5 Å². The van der Waals surface area contributed by atoms with Crippen molar-refractivity contribution in [2.24, 2.45) is 4.99 Å². The molecule has 134 valence electrons. The molecule has 0 bridgehead atoms. The van der Waals surface area contributed by atoms with Gasteiger partial charge in [-0.2, -0.15) is 0 Å². The van der Waals surface area contributed by atoms with Crippen LogP contribution in [0.2, 0.25) is 0 Å². The number of aryl methyl sites for hydroxylation is 1. The normalized spacial score (nSPS) is 15.8. The number of nitrogens with zero attached hydrogens (tertiary/aromatic N) is 1. The molecule has 0 spiro atoms. The second kappa shape index (κ2) is 7.69. The molecule has 0 fully saturated rings. The predicted octanol–water partition coefficient (Wildman–Crippen LogP) is 2.30. The number of amides is 2. The second-order valence-electron chi connectivity index (χ2n) is 5.96. The lowest BCUT2D eigenvalue weighted by atomic mass is 10.2. The first-order valence-corrected chi connectivity index (χ1v) is 8.20. The molecule has 3 rings (SSSR count). The van der Waals surface area contributed by atoms with Gasteiger partial charge < -0.3 is 15.4 Å². The fourth-order valence-corrected chi connectivity index (χ4v) is 2.57. The smallest absolute Gasteiger partial charge is 0.252 e. The molecule has 0 saturated carbocycles. The first-order valence-electron chi connectivity index (χ1n) is 8.20. The Bertz CT molecular complexity index is 846. The monoisotopic (exact) mass is 352 g/mol. The molecule has 2 amide bonds. The highest BCUT2D eigenvalue weighted by Crippen LogP contribution is 2.16. The molecule has 0 radical (unpaired) electrons. The highest BCUT2D eigenvalue weighted by Gasteiger charge is 2.28. The van der Waals surface area contributed by atoms with Crippen molar-refractivity contribution in [2.45, 2.75) is 19.4 Å². The van der Waals surface area contributed by atoms with Crippen LogP contribution in [0.4, 0.5) is 11.4 Å². The molecule has 1 aliphatic heterocycles. The van der Waals surface area contributed by atoms with Crippen molar-refractivity contribution in [3.8, 4) is 5.75 Å². The number of nitrogens with one attached hydrogen (secondary N) is 3. The molecule has 1 heterocycles. The number of guanidine groups is 1. The number of rotatable bonds is 5. The largest absolute Gasteiger partial charge is 0.497 e. The van der Waals surface area contributed by atoms with E-state index in [0.29, 0.717) is 17.4 Å². The van der Waals surface area contributed by atoms with Gasteiger partial charge in [0, 0.05) is 11.4 Å². The van der Waals surface area contributed by atoms with Gasteiger partial charge in [-0.15, -0.1) is 0 Å². The Morgan fingerprint density at radius 3 is 2.65 bits per heavy atom. The Morgan fingerprint density at radius 2 is 1.96 bits per heavy atom. The number of hydrogen-bond donors (Lipinski definition) is 3. The number of anilines is 2. The Balaban J connectivity index is 1.58. The van der Waals surface area contributed by atoms with Gasteiger partial charge in [-0.1, -0.05) is 12.1 Å². The summed E-state index contributed by atoms with van der Waals surface area (Å²) < 4.78 is 5.07. The van der Waals surface area contributed by atoms with Crippen LogP contribution in [0.5, 0.6) is 5.75 Å². The molecule has 7 heteroatoms. The van der Waals surface area contributed by atoms with E-state index in [2.05, 4.69) is 20.9 Å². The maximum atomic E-state index is 12.2.